The summed E-state index contributed by atoms with van der Waals surface area (Å²) in [5, 5.41) is 0. The van der Waals surface area contributed by atoms with Crippen LogP contribution in [-0.4, -0.2) is 20.9 Å². The second-order valence-electron chi connectivity index (χ2n) is 5.44. The Kier molecular flexibility index (Phi) is 4.72. The van der Waals surface area contributed by atoms with Gasteiger partial charge in [-0.3, -0.25) is 9.52 Å². The molecular formula is C16H14Br2N2O3S. The van der Waals surface area contributed by atoms with E-state index in [1.807, 2.05) is 0 Å². The Balaban J connectivity index is 2.00. The Morgan fingerprint density at radius 2 is 1.83 bits per heavy atom. The minimum Gasteiger partial charge on any atom is -0.312 e. The molecule has 0 aromatic heterocycles. The average Bonchev–Trinajstić information content (AvgIpc) is 2.91. The number of fused-ring (bicyclic) bond motifs is 1. The van der Waals surface area contributed by atoms with Gasteiger partial charge in [-0.05, 0) is 64.3 Å². The maximum atomic E-state index is 12.7. The summed E-state index contributed by atoms with van der Waals surface area (Å²) < 4.78 is 29.4. The third-order valence-corrected chi connectivity index (χ3v) is 6.66. The Hall–Kier alpha value is -1.38. The molecule has 1 aliphatic rings. The zero-order chi connectivity index (χ0) is 17.5. The van der Waals surface area contributed by atoms with E-state index in [2.05, 4.69) is 36.6 Å². The first kappa shape index (κ1) is 17.4. The highest BCUT2D eigenvalue weighted by Gasteiger charge is 2.27. The van der Waals surface area contributed by atoms with E-state index in [0.29, 0.717) is 28.8 Å². The number of rotatable bonds is 3. The van der Waals surface area contributed by atoms with Gasteiger partial charge in [0, 0.05) is 33.8 Å². The minimum absolute atomic E-state index is 0.0970. The van der Waals surface area contributed by atoms with Crippen LogP contribution in [0.25, 0.3) is 0 Å². The van der Waals surface area contributed by atoms with Crippen LogP contribution in [0.15, 0.2) is 50.2 Å². The summed E-state index contributed by atoms with van der Waals surface area (Å²) in [6.45, 7) is 2.05. The van der Waals surface area contributed by atoms with Crippen LogP contribution in [0.1, 0.15) is 12.5 Å². The van der Waals surface area contributed by atoms with E-state index in [9.17, 15) is 13.2 Å². The summed E-state index contributed by atoms with van der Waals surface area (Å²) in [5.41, 5.74) is 2.08. The predicted molar refractivity (Wildman–Crippen MR) is 101 cm³/mol. The van der Waals surface area contributed by atoms with Crippen molar-refractivity contribution in [1.29, 1.82) is 0 Å². The lowest BCUT2D eigenvalue weighted by molar-refractivity contribution is -0.116. The SMILES string of the molecule is CC(=O)N1CCc2cc(Br)c(S(=O)(=O)Nc3ccc(Br)cc3)cc21. The fourth-order valence-corrected chi connectivity index (χ4v) is 5.08. The maximum absolute atomic E-state index is 12.7. The lowest BCUT2D eigenvalue weighted by Gasteiger charge is -2.17. The Morgan fingerprint density at radius 3 is 2.46 bits per heavy atom. The Morgan fingerprint density at radius 1 is 1.17 bits per heavy atom. The van der Waals surface area contributed by atoms with Crippen LogP contribution in [0.3, 0.4) is 0 Å². The fourth-order valence-electron chi connectivity index (χ4n) is 2.65. The van der Waals surface area contributed by atoms with Gasteiger partial charge in [-0.15, -0.1) is 0 Å². The monoisotopic (exact) mass is 472 g/mol. The van der Waals surface area contributed by atoms with Crippen LogP contribution >= 0.6 is 31.9 Å². The molecule has 0 unspecified atom stereocenters. The van der Waals surface area contributed by atoms with Crippen molar-refractivity contribution in [1.82, 2.24) is 0 Å². The van der Waals surface area contributed by atoms with Gasteiger partial charge in [0.2, 0.25) is 5.91 Å². The minimum atomic E-state index is -3.78. The summed E-state index contributed by atoms with van der Waals surface area (Å²) in [6, 6.07) is 10.2. The quantitative estimate of drug-likeness (QED) is 0.734. The van der Waals surface area contributed by atoms with Gasteiger partial charge in [-0.1, -0.05) is 15.9 Å². The molecule has 2 aromatic carbocycles. The Labute approximate surface area is 157 Å². The summed E-state index contributed by atoms with van der Waals surface area (Å²) in [7, 11) is -3.78. The van der Waals surface area contributed by atoms with Gasteiger partial charge in [0.1, 0.15) is 4.90 Å². The first-order valence-electron chi connectivity index (χ1n) is 7.17. The molecule has 1 aliphatic heterocycles. The first-order valence-corrected chi connectivity index (χ1v) is 10.2. The number of hydrogen-bond acceptors (Lipinski definition) is 3. The van der Waals surface area contributed by atoms with E-state index >= 15 is 0 Å². The number of carbonyl (C=O) groups is 1. The molecule has 5 nitrogen and oxygen atoms in total. The van der Waals surface area contributed by atoms with Gasteiger partial charge in [0.15, 0.2) is 0 Å². The molecule has 24 heavy (non-hydrogen) atoms. The second-order valence-corrected chi connectivity index (χ2v) is 8.87. The number of anilines is 2. The first-order chi connectivity index (χ1) is 11.3. The number of halogens is 2. The van der Waals surface area contributed by atoms with E-state index in [4.69, 9.17) is 0 Å². The smallest absolute Gasteiger partial charge is 0.263 e. The van der Waals surface area contributed by atoms with Crippen molar-refractivity contribution in [2.75, 3.05) is 16.2 Å². The molecule has 0 saturated heterocycles. The summed E-state index contributed by atoms with van der Waals surface area (Å²) >= 11 is 6.65. The molecule has 126 valence electrons. The van der Waals surface area contributed by atoms with Crippen LogP contribution in [0.2, 0.25) is 0 Å². The van der Waals surface area contributed by atoms with Crippen LogP contribution < -0.4 is 9.62 Å². The van der Waals surface area contributed by atoms with Gasteiger partial charge in [-0.2, -0.15) is 0 Å². The van der Waals surface area contributed by atoms with Gasteiger partial charge in [-0.25, -0.2) is 8.42 Å². The van der Waals surface area contributed by atoms with Crippen LogP contribution in [0.5, 0.6) is 0 Å². The van der Waals surface area contributed by atoms with Gasteiger partial charge in [0.05, 0.1) is 0 Å². The largest absolute Gasteiger partial charge is 0.312 e. The number of carbonyl (C=O) groups excluding carboxylic acids is 1. The highest BCUT2D eigenvalue weighted by molar-refractivity contribution is 9.10. The van der Waals surface area contributed by atoms with Crippen molar-refractivity contribution in [2.24, 2.45) is 0 Å². The third kappa shape index (κ3) is 3.36. The number of benzene rings is 2. The lowest BCUT2D eigenvalue weighted by atomic mass is 10.2. The maximum Gasteiger partial charge on any atom is 0.263 e. The number of hydrogen-bond donors (Lipinski definition) is 1. The highest BCUT2D eigenvalue weighted by Crippen LogP contribution is 2.36. The number of sulfonamides is 1. The molecule has 8 heteroatoms. The number of nitrogens with one attached hydrogen (secondary N) is 1. The molecule has 1 N–H and O–H groups in total. The van der Waals surface area contributed by atoms with Gasteiger partial charge in [0.25, 0.3) is 10.0 Å². The number of nitrogens with zero attached hydrogens (tertiary/aromatic N) is 1. The molecule has 0 saturated carbocycles. The molecule has 0 bridgehead atoms. The van der Waals surface area contributed by atoms with E-state index in [1.54, 1.807) is 41.3 Å². The molecule has 1 amide bonds. The predicted octanol–water partition coefficient (Wildman–Crippen LogP) is 3.92. The van der Waals surface area contributed by atoms with Crippen LogP contribution in [0, 0.1) is 0 Å². The molecule has 1 heterocycles. The topological polar surface area (TPSA) is 66.5 Å². The summed E-state index contributed by atoms with van der Waals surface area (Å²) in [4.78, 5) is 13.4. The van der Waals surface area contributed by atoms with Crippen LogP contribution in [-0.2, 0) is 21.2 Å². The highest BCUT2D eigenvalue weighted by atomic mass is 79.9. The van der Waals surface area contributed by atoms with Crippen molar-refractivity contribution in [2.45, 2.75) is 18.2 Å². The molecule has 0 aliphatic carbocycles. The summed E-state index contributed by atoms with van der Waals surface area (Å²) in [6.07, 6.45) is 0.716. The fraction of sp³-hybridized carbons (Fsp3) is 0.188. The Bertz CT molecular complexity index is 912. The standard InChI is InChI=1S/C16H14Br2N2O3S/c1-10(21)20-7-6-11-8-14(18)16(9-15(11)20)24(22,23)19-13-4-2-12(17)3-5-13/h2-5,8-9,19H,6-7H2,1H3. The molecule has 3 rings (SSSR count). The van der Waals surface area contributed by atoms with E-state index in [1.165, 1.54) is 6.92 Å². The molecule has 0 radical (unpaired) electrons. The molecule has 0 atom stereocenters. The second kappa shape index (κ2) is 6.50. The molecule has 0 spiro atoms. The van der Waals surface area contributed by atoms with Crippen molar-refractivity contribution < 1.29 is 13.2 Å². The normalized spacial score (nSPS) is 13.7. The van der Waals surface area contributed by atoms with Crippen LogP contribution in [0.4, 0.5) is 11.4 Å². The van der Waals surface area contributed by atoms with Crippen molar-refractivity contribution in [3.05, 3.63) is 50.9 Å². The average molecular weight is 474 g/mol. The zero-order valence-electron chi connectivity index (χ0n) is 12.7. The van der Waals surface area contributed by atoms with Gasteiger partial charge >= 0.3 is 0 Å². The molecule has 0 fully saturated rings. The van der Waals surface area contributed by atoms with Crippen molar-refractivity contribution >= 4 is 59.2 Å². The lowest BCUT2D eigenvalue weighted by Crippen LogP contribution is -2.26. The zero-order valence-corrected chi connectivity index (χ0v) is 16.7. The van der Waals surface area contributed by atoms with E-state index in [0.717, 1.165) is 10.0 Å². The van der Waals surface area contributed by atoms with E-state index < -0.39 is 10.0 Å². The number of amides is 1. The van der Waals surface area contributed by atoms with E-state index in [-0.39, 0.29) is 10.8 Å². The molecular weight excluding hydrogens is 460 g/mol. The van der Waals surface area contributed by atoms with Crippen molar-refractivity contribution in [3.8, 4) is 0 Å². The molecule has 2 aromatic rings. The third-order valence-electron chi connectivity index (χ3n) is 3.79. The van der Waals surface area contributed by atoms with Gasteiger partial charge < -0.3 is 4.90 Å². The van der Waals surface area contributed by atoms with Crippen molar-refractivity contribution in [3.63, 3.8) is 0 Å². The summed E-state index contributed by atoms with van der Waals surface area (Å²) in [5.74, 6) is -0.0970.